The van der Waals surface area contributed by atoms with Crippen molar-refractivity contribution in [2.24, 2.45) is 0 Å². The van der Waals surface area contributed by atoms with Crippen LogP contribution in [0.4, 0.5) is 16.2 Å². The van der Waals surface area contributed by atoms with E-state index in [4.69, 9.17) is 9.72 Å². The second-order valence-corrected chi connectivity index (χ2v) is 8.03. The molecule has 0 aliphatic heterocycles. The molecule has 34 heavy (non-hydrogen) atoms. The SMILES string of the molecule is COc1ccc(NC(=O)Nc2cccc(-c3cccc(-c4nc5c(C)cccc5[nH]4)c3)c2)cc1. The highest BCUT2D eigenvalue weighted by atomic mass is 16.5. The minimum atomic E-state index is -0.311. The van der Waals surface area contributed by atoms with Crippen molar-refractivity contribution >= 4 is 28.4 Å². The Balaban J connectivity index is 1.35. The van der Waals surface area contributed by atoms with Crippen molar-refractivity contribution in [2.75, 3.05) is 17.7 Å². The minimum absolute atomic E-state index is 0.311. The summed E-state index contributed by atoms with van der Waals surface area (Å²) in [7, 11) is 1.61. The first-order valence-electron chi connectivity index (χ1n) is 11.0. The molecule has 0 fully saturated rings. The van der Waals surface area contributed by atoms with E-state index in [1.165, 1.54) is 0 Å². The first-order chi connectivity index (χ1) is 16.6. The molecule has 0 aliphatic rings. The van der Waals surface area contributed by atoms with Crippen molar-refractivity contribution in [3.05, 3.63) is 96.6 Å². The van der Waals surface area contributed by atoms with Crippen LogP contribution < -0.4 is 15.4 Å². The van der Waals surface area contributed by atoms with Crippen molar-refractivity contribution in [1.29, 1.82) is 0 Å². The molecule has 2 amide bonds. The van der Waals surface area contributed by atoms with Crippen LogP contribution in [0.5, 0.6) is 5.75 Å². The number of methoxy groups -OCH3 is 1. The Kier molecular flexibility index (Phi) is 5.70. The highest BCUT2D eigenvalue weighted by Crippen LogP contribution is 2.28. The van der Waals surface area contributed by atoms with Gasteiger partial charge in [0.1, 0.15) is 11.6 Å². The van der Waals surface area contributed by atoms with Gasteiger partial charge in [0.05, 0.1) is 18.1 Å². The van der Waals surface area contributed by atoms with Gasteiger partial charge in [0.15, 0.2) is 0 Å². The maximum atomic E-state index is 12.5. The number of benzene rings is 4. The number of aryl methyl sites for hydroxylation is 1. The summed E-state index contributed by atoms with van der Waals surface area (Å²) in [6.07, 6.45) is 0. The summed E-state index contributed by atoms with van der Waals surface area (Å²) in [6.45, 7) is 2.06. The minimum Gasteiger partial charge on any atom is -0.497 e. The number of aromatic amines is 1. The number of H-pyrrole nitrogens is 1. The Hall–Kier alpha value is -4.58. The third-order valence-corrected chi connectivity index (χ3v) is 5.65. The van der Waals surface area contributed by atoms with Crippen molar-refractivity contribution in [2.45, 2.75) is 6.92 Å². The highest BCUT2D eigenvalue weighted by Gasteiger charge is 2.09. The van der Waals surface area contributed by atoms with Crippen LogP contribution in [0.3, 0.4) is 0 Å². The number of rotatable bonds is 5. The maximum Gasteiger partial charge on any atom is 0.323 e. The Morgan fingerprint density at radius 3 is 2.24 bits per heavy atom. The molecule has 0 atom stereocenters. The van der Waals surface area contributed by atoms with Crippen LogP contribution in [-0.4, -0.2) is 23.1 Å². The normalized spacial score (nSPS) is 10.8. The van der Waals surface area contributed by atoms with E-state index < -0.39 is 0 Å². The molecule has 0 spiro atoms. The number of carbonyl (C=O) groups is 1. The van der Waals surface area contributed by atoms with E-state index in [0.29, 0.717) is 11.4 Å². The van der Waals surface area contributed by atoms with Crippen molar-refractivity contribution < 1.29 is 9.53 Å². The van der Waals surface area contributed by atoms with Crippen LogP contribution >= 0.6 is 0 Å². The fourth-order valence-corrected chi connectivity index (χ4v) is 3.90. The molecule has 0 saturated heterocycles. The number of fused-ring (bicyclic) bond motifs is 1. The van der Waals surface area contributed by atoms with Crippen molar-refractivity contribution in [1.82, 2.24) is 9.97 Å². The molecule has 1 heterocycles. The molecule has 5 rings (SSSR count). The maximum absolute atomic E-state index is 12.5. The number of hydrogen-bond donors (Lipinski definition) is 3. The van der Waals surface area contributed by atoms with Gasteiger partial charge < -0.3 is 20.4 Å². The number of para-hydroxylation sites is 1. The van der Waals surface area contributed by atoms with E-state index in [2.05, 4.69) is 34.7 Å². The number of amides is 2. The Labute approximate surface area is 197 Å². The van der Waals surface area contributed by atoms with E-state index in [0.717, 1.165) is 44.9 Å². The standard InChI is InChI=1S/C28H24N4O2/c1-18-6-3-11-25-26(18)32-27(31-25)21-9-4-7-19(16-21)20-8-5-10-23(17-20)30-28(33)29-22-12-14-24(34-2)15-13-22/h3-17H,1-2H3,(H,31,32)(H2,29,30,33). The number of hydrogen-bond acceptors (Lipinski definition) is 3. The van der Waals surface area contributed by atoms with Crippen molar-refractivity contribution in [3.8, 4) is 28.3 Å². The topological polar surface area (TPSA) is 79.0 Å². The van der Waals surface area contributed by atoms with Gasteiger partial charge in [0, 0.05) is 16.9 Å². The molecule has 0 aliphatic carbocycles. The highest BCUT2D eigenvalue weighted by molar-refractivity contribution is 6.00. The predicted molar refractivity (Wildman–Crippen MR) is 137 cm³/mol. The number of carbonyl (C=O) groups excluding carboxylic acids is 1. The third-order valence-electron chi connectivity index (χ3n) is 5.65. The smallest absolute Gasteiger partial charge is 0.323 e. The lowest BCUT2D eigenvalue weighted by Gasteiger charge is -2.10. The largest absolute Gasteiger partial charge is 0.497 e. The quantitative estimate of drug-likeness (QED) is 0.275. The number of nitrogens with one attached hydrogen (secondary N) is 3. The molecule has 4 aromatic carbocycles. The Morgan fingerprint density at radius 1 is 0.794 bits per heavy atom. The predicted octanol–water partition coefficient (Wildman–Crippen LogP) is 6.86. The average molecular weight is 449 g/mol. The van der Waals surface area contributed by atoms with Gasteiger partial charge in [0.25, 0.3) is 0 Å². The molecule has 5 aromatic rings. The number of anilines is 2. The number of urea groups is 1. The van der Waals surface area contributed by atoms with Gasteiger partial charge in [-0.3, -0.25) is 0 Å². The van der Waals surface area contributed by atoms with Gasteiger partial charge in [-0.25, -0.2) is 9.78 Å². The zero-order valence-corrected chi connectivity index (χ0v) is 18.9. The van der Waals surface area contributed by atoms with E-state index in [-0.39, 0.29) is 6.03 Å². The first-order valence-corrected chi connectivity index (χ1v) is 11.0. The second-order valence-electron chi connectivity index (χ2n) is 8.03. The molecule has 0 saturated carbocycles. The lowest BCUT2D eigenvalue weighted by atomic mass is 10.0. The average Bonchev–Trinajstić information content (AvgIpc) is 3.31. The summed E-state index contributed by atoms with van der Waals surface area (Å²) in [5.41, 5.74) is 7.57. The van der Waals surface area contributed by atoms with Crippen LogP contribution in [0.1, 0.15) is 5.56 Å². The number of nitrogens with zero attached hydrogens (tertiary/aromatic N) is 1. The molecule has 0 radical (unpaired) electrons. The van der Waals surface area contributed by atoms with Gasteiger partial charge in [-0.15, -0.1) is 0 Å². The van der Waals surface area contributed by atoms with Gasteiger partial charge in [-0.05, 0) is 72.1 Å². The van der Waals surface area contributed by atoms with Gasteiger partial charge >= 0.3 is 6.03 Å². The monoisotopic (exact) mass is 448 g/mol. The molecule has 0 unspecified atom stereocenters. The number of ether oxygens (including phenoxy) is 1. The molecule has 168 valence electrons. The lowest BCUT2D eigenvalue weighted by molar-refractivity contribution is 0.262. The van der Waals surface area contributed by atoms with Gasteiger partial charge in [-0.1, -0.05) is 42.5 Å². The fourth-order valence-electron chi connectivity index (χ4n) is 3.90. The summed E-state index contributed by atoms with van der Waals surface area (Å²) in [5, 5.41) is 5.73. The summed E-state index contributed by atoms with van der Waals surface area (Å²) in [4.78, 5) is 20.7. The van der Waals surface area contributed by atoms with Crippen LogP contribution in [0, 0.1) is 6.92 Å². The molecular weight excluding hydrogens is 424 g/mol. The molecule has 3 N–H and O–H groups in total. The first kappa shape index (κ1) is 21.3. The molecule has 0 bridgehead atoms. The van der Waals surface area contributed by atoms with Crippen LogP contribution in [0.25, 0.3) is 33.5 Å². The summed E-state index contributed by atoms with van der Waals surface area (Å²) in [5.74, 6) is 1.57. The van der Waals surface area contributed by atoms with Gasteiger partial charge in [0.2, 0.25) is 0 Å². The Morgan fingerprint density at radius 2 is 1.47 bits per heavy atom. The fraction of sp³-hybridized carbons (Fsp3) is 0.0714. The van der Waals surface area contributed by atoms with E-state index in [1.54, 1.807) is 31.4 Å². The summed E-state index contributed by atoms with van der Waals surface area (Å²) in [6, 6.07) is 29.0. The van der Waals surface area contributed by atoms with Crippen LogP contribution in [0.15, 0.2) is 91.0 Å². The number of aromatic nitrogens is 2. The van der Waals surface area contributed by atoms with Crippen molar-refractivity contribution in [3.63, 3.8) is 0 Å². The molecular formula is C28H24N4O2. The molecule has 6 heteroatoms. The number of imidazole rings is 1. The lowest BCUT2D eigenvalue weighted by Crippen LogP contribution is -2.19. The molecule has 1 aromatic heterocycles. The van der Waals surface area contributed by atoms with E-state index in [1.807, 2.05) is 54.6 Å². The zero-order chi connectivity index (χ0) is 23.5. The summed E-state index contributed by atoms with van der Waals surface area (Å²) >= 11 is 0. The third kappa shape index (κ3) is 4.47. The summed E-state index contributed by atoms with van der Waals surface area (Å²) < 4.78 is 5.15. The Bertz CT molecular complexity index is 1470. The zero-order valence-electron chi connectivity index (χ0n) is 18.9. The second kappa shape index (κ2) is 9.11. The van der Waals surface area contributed by atoms with Crippen LogP contribution in [-0.2, 0) is 0 Å². The molecule has 6 nitrogen and oxygen atoms in total. The van der Waals surface area contributed by atoms with E-state index in [9.17, 15) is 4.79 Å². The van der Waals surface area contributed by atoms with E-state index >= 15 is 0 Å². The van der Waals surface area contributed by atoms with Gasteiger partial charge in [-0.2, -0.15) is 0 Å². The van der Waals surface area contributed by atoms with Crippen LogP contribution in [0.2, 0.25) is 0 Å².